The first-order valence-corrected chi connectivity index (χ1v) is 5.51. The second kappa shape index (κ2) is 5.46. The average Bonchev–Trinajstić information content (AvgIpc) is 2.74. The van der Waals surface area contributed by atoms with Crippen molar-refractivity contribution < 1.29 is 9.53 Å². The maximum atomic E-state index is 11.0. The predicted octanol–water partition coefficient (Wildman–Crippen LogP) is 2.50. The van der Waals surface area contributed by atoms with Crippen LogP contribution < -0.4 is 0 Å². The molecule has 0 fully saturated rings. The largest absolute Gasteiger partial charge is 0.378 e. The van der Waals surface area contributed by atoms with Crippen molar-refractivity contribution in [2.24, 2.45) is 0 Å². The van der Waals surface area contributed by atoms with Gasteiger partial charge in [0, 0.05) is 19.3 Å². The summed E-state index contributed by atoms with van der Waals surface area (Å²) in [6, 6.07) is 13.8. The Morgan fingerprint density at radius 2 is 1.94 bits per heavy atom. The number of aldehydes is 1. The first-order valence-electron chi connectivity index (χ1n) is 5.51. The van der Waals surface area contributed by atoms with Gasteiger partial charge >= 0.3 is 0 Å². The molecular weight excluding hydrogens is 214 g/mol. The average molecular weight is 229 g/mol. The van der Waals surface area contributed by atoms with E-state index in [4.69, 9.17) is 4.74 Å². The van der Waals surface area contributed by atoms with Crippen LogP contribution >= 0.6 is 0 Å². The Kier molecular flexibility index (Phi) is 3.73. The Bertz CT molecular complexity index is 488. The van der Waals surface area contributed by atoms with Gasteiger partial charge in [-0.15, -0.1) is 0 Å². The Labute approximate surface area is 101 Å². The van der Waals surface area contributed by atoms with Crippen LogP contribution in [0.15, 0.2) is 42.5 Å². The molecule has 0 unspecified atom stereocenters. The lowest BCUT2D eigenvalue weighted by molar-refractivity contribution is 0.111. The summed E-state index contributed by atoms with van der Waals surface area (Å²) in [5.74, 6) is 0. The molecule has 3 nitrogen and oxygen atoms in total. The molecule has 2 rings (SSSR count). The quantitative estimate of drug-likeness (QED) is 0.738. The van der Waals surface area contributed by atoms with E-state index in [1.165, 1.54) is 5.56 Å². The minimum absolute atomic E-state index is 0.515. The van der Waals surface area contributed by atoms with Crippen LogP contribution in [0.1, 0.15) is 21.7 Å². The van der Waals surface area contributed by atoms with E-state index in [1.54, 1.807) is 7.11 Å². The number of methoxy groups -OCH3 is 1. The fourth-order valence-corrected chi connectivity index (χ4v) is 1.86. The normalized spacial score (nSPS) is 10.4. The third-order valence-electron chi connectivity index (χ3n) is 2.70. The summed E-state index contributed by atoms with van der Waals surface area (Å²) in [6.45, 7) is 1.21. The molecule has 1 heterocycles. The van der Waals surface area contributed by atoms with Gasteiger partial charge in [-0.05, 0) is 17.7 Å². The molecule has 0 aliphatic rings. The standard InChI is InChI=1S/C14H15NO2/c1-17-11-14-8-7-13(10-16)15(14)9-12-5-3-2-4-6-12/h2-8,10H,9,11H2,1H3. The Hall–Kier alpha value is -1.87. The highest BCUT2D eigenvalue weighted by Crippen LogP contribution is 2.12. The maximum Gasteiger partial charge on any atom is 0.166 e. The minimum atomic E-state index is 0.515. The van der Waals surface area contributed by atoms with E-state index in [-0.39, 0.29) is 0 Å². The van der Waals surface area contributed by atoms with Crippen LogP contribution in [0, 0.1) is 0 Å². The van der Waals surface area contributed by atoms with Crippen LogP contribution in [0.3, 0.4) is 0 Å². The maximum absolute atomic E-state index is 11.0. The van der Waals surface area contributed by atoms with Crippen molar-refractivity contribution in [1.29, 1.82) is 0 Å². The van der Waals surface area contributed by atoms with Gasteiger partial charge in [0.05, 0.1) is 12.3 Å². The molecule has 0 saturated heterocycles. The van der Waals surface area contributed by atoms with Crippen LogP contribution in [-0.4, -0.2) is 18.0 Å². The van der Waals surface area contributed by atoms with E-state index in [0.29, 0.717) is 18.8 Å². The highest BCUT2D eigenvalue weighted by Gasteiger charge is 2.07. The minimum Gasteiger partial charge on any atom is -0.378 e. The van der Waals surface area contributed by atoms with Crippen molar-refractivity contribution in [1.82, 2.24) is 4.57 Å². The summed E-state index contributed by atoms with van der Waals surface area (Å²) in [7, 11) is 1.65. The first-order chi connectivity index (χ1) is 8.35. The number of rotatable bonds is 5. The van der Waals surface area contributed by atoms with Crippen molar-refractivity contribution in [3.63, 3.8) is 0 Å². The van der Waals surface area contributed by atoms with E-state index < -0.39 is 0 Å². The molecule has 0 atom stereocenters. The fraction of sp³-hybridized carbons (Fsp3) is 0.214. The number of carbonyl (C=O) groups is 1. The Morgan fingerprint density at radius 3 is 2.59 bits per heavy atom. The third kappa shape index (κ3) is 2.63. The predicted molar refractivity (Wildman–Crippen MR) is 66.1 cm³/mol. The molecule has 0 spiro atoms. The molecule has 17 heavy (non-hydrogen) atoms. The van der Waals surface area contributed by atoms with Crippen LogP contribution in [0.5, 0.6) is 0 Å². The first kappa shape index (κ1) is 11.6. The monoisotopic (exact) mass is 229 g/mol. The van der Waals surface area contributed by atoms with Gasteiger partial charge in [-0.3, -0.25) is 4.79 Å². The summed E-state index contributed by atoms with van der Waals surface area (Å²) in [6.07, 6.45) is 0.877. The molecule has 0 bridgehead atoms. The van der Waals surface area contributed by atoms with E-state index in [9.17, 15) is 4.79 Å². The summed E-state index contributed by atoms with van der Waals surface area (Å²) in [5.41, 5.74) is 2.86. The third-order valence-corrected chi connectivity index (χ3v) is 2.70. The van der Waals surface area contributed by atoms with Crippen molar-refractivity contribution in [3.05, 3.63) is 59.4 Å². The Morgan fingerprint density at radius 1 is 1.18 bits per heavy atom. The number of hydrogen-bond acceptors (Lipinski definition) is 2. The molecule has 0 aliphatic carbocycles. The van der Waals surface area contributed by atoms with Crippen molar-refractivity contribution in [3.8, 4) is 0 Å². The van der Waals surface area contributed by atoms with Crippen molar-refractivity contribution in [2.75, 3.05) is 7.11 Å². The number of benzene rings is 1. The molecule has 0 N–H and O–H groups in total. The van der Waals surface area contributed by atoms with Crippen molar-refractivity contribution in [2.45, 2.75) is 13.2 Å². The highest BCUT2D eigenvalue weighted by molar-refractivity contribution is 5.72. The Balaban J connectivity index is 2.29. The van der Waals surface area contributed by atoms with Crippen LogP contribution in [0.2, 0.25) is 0 Å². The molecule has 88 valence electrons. The van der Waals surface area contributed by atoms with Gasteiger partial charge in [0.15, 0.2) is 6.29 Å². The zero-order valence-electron chi connectivity index (χ0n) is 9.80. The molecule has 2 aromatic rings. The lowest BCUT2D eigenvalue weighted by Crippen LogP contribution is -2.08. The fourth-order valence-electron chi connectivity index (χ4n) is 1.86. The van der Waals surface area contributed by atoms with Gasteiger partial charge in [0.2, 0.25) is 0 Å². The van der Waals surface area contributed by atoms with Gasteiger partial charge in [-0.2, -0.15) is 0 Å². The van der Waals surface area contributed by atoms with Crippen LogP contribution in [0.25, 0.3) is 0 Å². The number of nitrogens with zero attached hydrogens (tertiary/aromatic N) is 1. The smallest absolute Gasteiger partial charge is 0.166 e. The van der Waals surface area contributed by atoms with Gasteiger partial charge in [-0.25, -0.2) is 0 Å². The lowest BCUT2D eigenvalue weighted by Gasteiger charge is -2.10. The van der Waals surface area contributed by atoms with E-state index in [0.717, 1.165) is 12.0 Å². The molecule has 0 amide bonds. The topological polar surface area (TPSA) is 31.2 Å². The number of carbonyl (C=O) groups excluding carboxylic acids is 1. The molecule has 0 radical (unpaired) electrons. The number of aromatic nitrogens is 1. The summed E-state index contributed by atoms with van der Waals surface area (Å²) in [5, 5.41) is 0. The van der Waals surface area contributed by atoms with Gasteiger partial charge in [0.1, 0.15) is 0 Å². The summed E-state index contributed by atoms with van der Waals surface area (Å²) < 4.78 is 7.11. The van der Waals surface area contributed by atoms with E-state index in [1.807, 2.05) is 47.0 Å². The van der Waals surface area contributed by atoms with Gasteiger partial charge < -0.3 is 9.30 Å². The van der Waals surface area contributed by atoms with Gasteiger partial charge in [0.25, 0.3) is 0 Å². The van der Waals surface area contributed by atoms with Crippen molar-refractivity contribution >= 4 is 6.29 Å². The molecule has 1 aromatic carbocycles. The summed E-state index contributed by atoms with van der Waals surface area (Å²) >= 11 is 0. The molecule has 1 aromatic heterocycles. The summed E-state index contributed by atoms with van der Waals surface area (Å²) in [4.78, 5) is 11.0. The van der Waals surface area contributed by atoms with E-state index >= 15 is 0 Å². The molecular formula is C14H15NO2. The van der Waals surface area contributed by atoms with E-state index in [2.05, 4.69) is 0 Å². The lowest BCUT2D eigenvalue weighted by atomic mass is 10.2. The highest BCUT2D eigenvalue weighted by atomic mass is 16.5. The SMILES string of the molecule is COCc1ccc(C=O)n1Cc1ccccc1. The van der Waals surface area contributed by atoms with Crippen LogP contribution in [-0.2, 0) is 17.9 Å². The second-order valence-electron chi connectivity index (χ2n) is 3.87. The molecule has 0 saturated carbocycles. The zero-order valence-corrected chi connectivity index (χ0v) is 9.80. The molecule has 0 aliphatic heterocycles. The number of hydrogen-bond donors (Lipinski definition) is 0. The van der Waals surface area contributed by atoms with Crippen LogP contribution in [0.4, 0.5) is 0 Å². The number of ether oxygens (including phenoxy) is 1. The molecule has 3 heteroatoms. The zero-order chi connectivity index (χ0) is 12.1. The van der Waals surface area contributed by atoms with Gasteiger partial charge in [-0.1, -0.05) is 30.3 Å². The second-order valence-corrected chi connectivity index (χ2v) is 3.87.